The largest absolute Gasteiger partial charge is 0.508 e. The number of anilines is 3. The van der Waals surface area contributed by atoms with E-state index in [0.29, 0.717) is 29.2 Å². The average Bonchev–Trinajstić information content (AvgIpc) is 2.43. The highest BCUT2D eigenvalue weighted by molar-refractivity contribution is 6.10. The van der Waals surface area contributed by atoms with Crippen LogP contribution < -0.4 is 16.4 Å². The van der Waals surface area contributed by atoms with Crippen LogP contribution in [0.5, 0.6) is 5.75 Å². The molecule has 0 aliphatic heterocycles. The highest BCUT2D eigenvalue weighted by atomic mass is 16.3. The molecule has 21 heavy (non-hydrogen) atoms. The van der Waals surface area contributed by atoms with Gasteiger partial charge in [0, 0.05) is 24.0 Å². The maximum absolute atomic E-state index is 12.7. The Labute approximate surface area is 123 Å². The summed E-state index contributed by atoms with van der Waals surface area (Å²) in [5.74, 6) is -0.101. The summed E-state index contributed by atoms with van der Waals surface area (Å²) in [5.41, 5.74) is 14.4. The van der Waals surface area contributed by atoms with Crippen LogP contribution in [0.1, 0.15) is 22.8 Å². The lowest BCUT2D eigenvalue weighted by Gasteiger charge is -2.24. The van der Waals surface area contributed by atoms with Gasteiger partial charge in [-0.2, -0.15) is 0 Å². The number of amides is 1. The van der Waals surface area contributed by atoms with Crippen molar-refractivity contribution >= 4 is 23.0 Å². The monoisotopic (exact) mass is 285 g/mol. The minimum absolute atomic E-state index is 0.118. The van der Waals surface area contributed by atoms with Gasteiger partial charge in [-0.15, -0.1) is 0 Å². The number of aromatic hydroxyl groups is 1. The Morgan fingerprint density at radius 1 is 1.19 bits per heavy atom. The Hall–Kier alpha value is -2.69. The quantitative estimate of drug-likeness (QED) is 0.755. The molecule has 5 nitrogen and oxygen atoms in total. The van der Waals surface area contributed by atoms with Gasteiger partial charge < -0.3 is 21.5 Å². The van der Waals surface area contributed by atoms with Crippen LogP contribution >= 0.6 is 0 Å². The number of carbonyl (C=O) groups is 1. The maximum atomic E-state index is 12.7. The summed E-state index contributed by atoms with van der Waals surface area (Å²) in [7, 11) is 0. The third-order valence-electron chi connectivity index (χ3n) is 3.35. The van der Waals surface area contributed by atoms with Crippen LogP contribution in [0.15, 0.2) is 36.4 Å². The van der Waals surface area contributed by atoms with E-state index in [1.807, 2.05) is 13.8 Å². The van der Waals surface area contributed by atoms with Gasteiger partial charge >= 0.3 is 0 Å². The van der Waals surface area contributed by atoms with Gasteiger partial charge in [-0.1, -0.05) is 6.07 Å². The van der Waals surface area contributed by atoms with Gasteiger partial charge in [-0.3, -0.25) is 4.79 Å². The molecule has 0 spiro atoms. The lowest BCUT2D eigenvalue weighted by Crippen LogP contribution is -2.31. The molecule has 110 valence electrons. The van der Waals surface area contributed by atoms with E-state index < -0.39 is 0 Å². The van der Waals surface area contributed by atoms with E-state index in [4.69, 9.17) is 11.5 Å². The van der Waals surface area contributed by atoms with Gasteiger partial charge in [-0.25, -0.2) is 0 Å². The molecular weight excluding hydrogens is 266 g/mol. The first-order chi connectivity index (χ1) is 9.93. The lowest BCUT2D eigenvalue weighted by atomic mass is 10.1. The number of phenols is 1. The summed E-state index contributed by atoms with van der Waals surface area (Å²) in [6.45, 7) is 4.22. The number of benzene rings is 2. The Balaban J connectivity index is 2.45. The van der Waals surface area contributed by atoms with Crippen molar-refractivity contribution in [2.45, 2.75) is 13.8 Å². The minimum Gasteiger partial charge on any atom is -0.508 e. The fourth-order valence-corrected chi connectivity index (χ4v) is 2.23. The van der Waals surface area contributed by atoms with Crippen molar-refractivity contribution in [2.75, 3.05) is 22.9 Å². The molecule has 2 aromatic carbocycles. The van der Waals surface area contributed by atoms with Gasteiger partial charge in [0.25, 0.3) is 5.91 Å². The smallest absolute Gasteiger partial charge is 0.260 e. The molecule has 0 aliphatic rings. The van der Waals surface area contributed by atoms with Crippen LogP contribution in [0.2, 0.25) is 0 Å². The summed E-state index contributed by atoms with van der Waals surface area (Å²) in [6, 6.07) is 9.77. The second kappa shape index (κ2) is 5.75. The van der Waals surface area contributed by atoms with E-state index in [2.05, 4.69) is 0 Å². The van der Waals surface area contributed by atoms with Crippen molar-refractivity contribution in [1.29, 1.82) is 0 Å². The number of phenolic OH excluding ortho intramolecular Hbond substituents is 1. The van der Waals surface area contributed by atoms with Crippen LogP contribution in [0.25, 0.3) is 0 Å². The Bertz CT molecular complexity index is 683. The summed E-state index contributed by atoms with van der Waals surface area (Å²) in [4.78, 5) is 14.3. The molecule has 2 rings (SSSR count). The summed E-state index contributed by atoms with van der Waals surface area (Å²) >= 11 is 0. The number of hydrogen-bond donors (Lipinski definition) is 3. The third kappa shape index (κ3) is 2.91. The number of carbonyl (C=O) groups excluding carboxylic acids is 1. The number of nitrogen functional groups attached to an aromatic ring is 2. The zero-order valence-electron chi connectivity index (χ0n) is 12.1. The maximum Gasteiger partial charge on any atom is 0.260 e. The van der Waals surface area contributed by atoms with E-state index in [0.717, 1.165) is 5.56 Å². The zero-order valence-corrected chi connectivity index (χ0v) is 12.1. The fourth-order valence-electron chi connectivity index (χ4n) is 2.23. The first kappa shape index (κ1) is 14.7. The van der Waals surface area contributed by atoms with Crippen molar-refractivity contribution < 1.29 is 9.90 Å². The Kier molecular flexibility index (Phi) is 4.03. The lowest BCUT2D eigenvalue weighted by molar-refractivity contribution is 0.0989. The molecular formula is C16H19N3O2. The molecule has 0 unspecified atom stereocenters. The summed E-state index contributed by atoms with van der Waals surface area (Å²) < 4.78 is 0. The van der Waals surface area contributed by atoms with E-state index >= 15 is 0 Å². The number of nitrogens with two attached hydrogens (primary N) is 2. The van der Waals surface area contributed by atoms with Crippen LogP contribution in [0.3, 0.4) is 0 Å². The Morgan fingerprint density at radius 2 is 1.90 bits per heavy atom. The molecule has 0 heterocycles. The van der Waals surface area contributed by atoms with Crippen molar-refractivity contribution in [3.05, 3.63) is 47.5 Å². The topological polar surface area (TPSA) is 92.6 Å². The third-order valence-corrected chi connectivity index (χ3v) is 3.35. The van der Waals surface area contributed by atoms with E-state index in [9.17, 15) is 9.90 Å². The molecule has 0 atom stereocenters. The molecule has 0 radical (unpaired) electrons. The van der Waals surface area contributed by atoms with Gasteiger partial charge in [-0.05, 0) is 43.7 Å². The molecule has 0 fully saturated rings. The summed E-state index contributed by atoms with van der Waals surface area (Å²) in [5, 5.41) is 9.65. The van der Waals surface area contributed by atoms with Gasteiger partial charge in [0.2, 0.25) is 0 Å². The molecule has 5 N–H and O–H groups in total. The van der Waals surface area contributed by atoms with Crippen molar-refractivity contribution in [3.8, 4) is 5.75 Å². The highest BCUT2D eigenvalue weighted by Gasteiger charge is 2.20. The zero-order chi connectivity index (χ0) is 15.6. The van der Waals surface area contributed by atoms with E-state index in [1.54, 1.807) is 41.3 Å². The molecule has 0 saturated carbocycles. The molecule has 0 bridgehead atoms. The predicted molar refractivity (Wildman–Crippen MR) is 85.5 cm³/mol. The molecule has 0 aromatic heterocycles. The molecule has 0 aliphatic carbocycles. The number of rotatable bonds is 3. The van der Waals surface area contributed by atoms with Crippen LogP contribution in [-0.2, 0) is 0 Å². The summed E-state index contributed by atoms with van der Waals surface area (Å²) in [6.07, 6.45) is 0. The van der Waals surface area contributed by atoms with Crippen molar-refractivity contribution in [1.82, 2.24) is 0 Å². The van der Waals surface area contributed by atoms with Gasteiger partial charge in [0.1, 0.15) is 5.75 Å². The molecule has 0 saturated heterocycles. The van der Waals surface area contributed by atoms with Gasteiger partial charge in [0.15, 0.2) is 0 Å². The second-order valence-electron chi connectivity index (χ2n) is 4.87. The SMILES string of the molecule is CCN(C(=O)c1ccc(N)cc1N)c1cc(O)ccc1C. The predicted octanol–water partition coefficient (Wildman–Crippen LogP) is 2.53. The first-order valence-electron chi connectivity index (χ1n) is 6.70. The molecule has 2 aromatic rings. The Morgan fingerprint density at radius 3 is 2.52 bits per heavy atom. The van der Waals surface area contributed by atoms with E-state index in [-0.39, 0.29) is 11.7 Å². The number of nitrogens with zero attached hydrogens (tertiary/aromatic N) is 1. The van der Waals surface area contributed by atoms with Crippen LogP contribution in [0, 0.1) is 6.92 Å². The van der Waals surface area contributed by atoms with Crippen LogP contribution in [-0.4, -0.2) is 17.6 Å². The second-order valence-corrected chi connectivity index (χ2v) is 4.87. The molecule has 1 amide bonds. The number of aryl methyl sites for hydroxylation is 1. The minimum atomic E-state index is -0.219. The van der Waals surface area contributed by atoms with Gasteiger partial charge in [0.05, 0.1) is 11.3 Å². The highest BCUT2D eigenvalue weighted by Crippen LogP contribution is 2.27. The standard InChI is InChI=1S/C16H19N3O2/c1-3-19(15-9-12(20)6-4-10(15)2)16(21)13-7-5-11(17)8-14(13)18/h4-9,20H,3,17-18H2,1-2H3. The van der Waals surface area contributed by atoms with E-state index in [1.165, 1.54) is 0 Å². The number of hydrogen-bond acceptors (Lipinski definition) is 4. The van der Waals surface area contributed by atoms with Crippen molar-refractivity contribution in [2.24, 2.45) is 0 Å². The molecule has 5 heteroatoms. The average molecular weight is 285 g/mol. The van der Waals surface area contributed by atoms with Crippen molar-refractivity contribution in [3.63, 3.8) is 0 Å². The van der Waals surface area contributed by atoms with Crippen LogP contribution in [0.4, 0.5) is 17.1 Å². The normalized spacial score (nSPS) is 10.4. The fraction of sp³-hybridized carbons (Fsp3) is 0.188. The first-order valence-corrected chi connectivity index (χ1v) is 6.70.